The first kappa shape index (κ1) is 18.9. The van der Waals surface area contributed by atoms with Gasteiger partial charge in [-0.25, -0.2) is 9.78 Å². The van der Waals surface area contributed by atoms with Gasteiger partial charge in [-0.05, 0) is 42.0 Å². The molecule has 1 saturated heterocycles. The lowest BCUT2D eigenvalue weighted by Gasteiger charge is -2.22. The van der Waals surface area contributed by atoms with Crippen LogP contribution in [0.15, 0.2) is 30.5 Å². The molecule has 2 fully saturated rings. The van der Waals surface area contributed by atoms with Crippen molar-refractivity contribution in [1.82, 2.24) is 25.2 Å². The van der Waals surface area contributed by atoms with Gasteiger partial charge in [0.05, 0.1) is 17.8 Å². The summed E-state index contributed by atoms with van der Waals surface area (Å²) in [6.45, 7) is 0.0311. The van der Waals surface area contributed by atoms with Gasteiger partial charge in [0, 0.05) is 12.1 Å². The van der Waals surface area contributed by atoms with E-state index in [1.54, 1.807) is 12.1 Å². The van der Waals surface area contributed by atoms with Crippen molar-refractivity contribution in [1.29, 1.82) is 0 Å². The molecule has 3 aromatic rings. The normalized spacial score (nSPS) is 25.5. The third-order valence-corrected chi connectivity index (χ3v) is 5.89. The summed E-state index contributed by atoms with van der Waals surface area (Å²) in [5.74, 6) is -2.23. The van der Waals surface area contributed by atoms with Gasteiger partial charge < -0.3 is 14.8 Å². The van der Waals surface area contributed by atoms with Crippen molar-refractivity contribution in [3.8, 4) is 11.5 Å². The number of benzene rings is 1. The highest BCUT2D eigenvalue weighted by Gasteiger charge is 2.46. The van der Waals surface area contributed by atoms with Crippen LogP contribution in [-0.2, 0) is 4.79 Å². The van der Waals surface area contributed by atoms with Gasteiger partial charge in [0.15, 0.2) is 17.1 Å². The van der Waals surface area contributed by atoms with Crippen molar-refractivity contribution in [2.24, 2.45) is 0 Å². The lowest BCUT2D eigenvalue weighted by Crippen LogP contribution is -2.51. The topological polar surface area (TPSA) is 107 Å². The summed E-state index contributed by atoms with van der Waals surface area (Å²) in [5.41, 5.74) is 2.04. The summed E-state index contributed by atoms with van der Waals surface area (Å²) in [7, 11) is 0. The van der Waals surface area contributed by atoms with Gasteiger partial charge in [-0.1, -0.05) is 6.07 Å². The van der Waals surface area contributed by atoms with Gasteiger partial charge in [0.2, 0.25) is 11.9 Å². The highest BCUT2D eigenvalue weighted by Crippen LogP contribution is 2.57. The molecule has 1 saturated carbocycles. The van der Waals surface area contributed by atoms with Gasteiger partial charge in [0.1, 0.15) is 0 Å². The zero-order chi connectivity index (χ0) is 22.2. The van der Waals surface area contributed by atoms with Gasteiger partial charge >= 0.3 is 12.3 Å². The number of imide groups is 1. The molecule has 9 nitrogen and oxygen atoms in total. The fourth-order valence-corrected chi connectivity index (χ4v) is 4.30. The Morgan fingerprint density at radius 3 is 2.75 bits per heavy atom. The number of carbonyl (C=O) groups excluding carboxylic acids is 2. The Morgan fingerprint density at radius 1 is 1.12 bits per heavy atom. The first-order valence-electron chi connectivity index (χ1n) is 9.81. The largest absolute Gasteiger partial charge is 0.586 e. The SMILES string of the molecule is O=C1NCC(c2cc([C@H]3C[C@@H]3c3ccc4c(c3)OC(F)(F)O4)c3ncc(F)n3n2)C(=O)N1. The summed E-state index contributed by atoms with van der Waals surface area (Å²) >= 11 is 0. The number of rotatable bonds is 3. The Bertz CT molecular complexity index is 1310. The molecule has 6 rings (SSSR count). The van der Waals surface area contributed by atoms with Crippen molar-refractivity contribution < 1.29 is 32.2 Å². The number of alkyl halides is 2. The lowest BCUT2D eigenvalue weighted by molar-refractivity contribution is -0.286. The molecule has 1 aliphatic carbocycles. The molecule has 3 amide bonds. The molecule has 32 heavy (non-hydrogen) atoms. The molecule has 2 aromatic heterocycles. The Morgan fingerprint density at radius 2 is 1.94 bits per heavy atom. The van der Waals surface area contributed by atoms with Crippen molar-refractivity contribution >= 4 is 17.6 Å². The standard InChI is InChI=1S/C20H14F3N5O4/c21-16-7-24-17-11(5-13(27-28(16)17)12-6-25-19(30)26-18(12)29)10-4-9(10)8-1-2-14-15(3-8)32-20(22,23)31-14/h1-3,5,7,9-10,12H,4,6H2,(H2,25,26,29,30)/t9-,10+,12?/m1/s1. The molecule has 0 bridgehead atoms. The number of hydrogen-bond donors (Lipinski definition) is 2. The van der Waals surface area contributed by atoms with Crippen molar-refractivity contribution in [2.45, 2.75) is 30.5 Å². The predicted molar refractivity (Wildman–Crippen MR) is 100.0 cm³/mol. The van der Waals surface area contributed by atoms with Crippen LogP contribution in [-0.4, -0.2) is 39.4 Å². The van der Waals surface area contributed by atoms with E-state index in [0.29, 0.717) is 17.6 Å². The number of urea groups is 1. The van der Waals surface area contributed by atoms with E-state index in [1.165, 1.54) is 12.1 Å². The zero-order valence-corrected chi connectivity index (χ0v) is 16.1. The average Bonchev–Trinajstić information content (AvgIpc) is 3.35. The summed E-state index contributed by atoms with van der Waals surface area (Å²) in [6, 6.07) is 5.71. The number of amides is 3. The van der Waals surface area contributed by atoms with E-state index in [2.05, 4.69) is 30.2 Å². The Kier molecular flexibility index (Phi) is 3.75. The Labute approximate surface area is 177 Å². The maximum absolute atomic E-state index is 14.3. The highest BCUT2D eigenvalue weighted by molar-refractivity contribution is 6.00. The van der Waals surface area contributed by atoms with Crippen LogP contribution >= 0.6 is 0 Å². The molecule has 0 radical (unpaired) electrons. The van der Waals surface area contributed by atoms with E-state index in [-0.39, 0.29) is 35.6 Å². The Balaban J connectivity index is 1.35. The maximum atomic E-state index is 14.3. The molecule has 2 aliphatic heterocycles. The molecule has 0 spiro atoms. The molecule has 1 aromatic carbocycles. The second-order valence-corrected chi connectivity index (χ2v) is 7.92. The molecule has 4 heterocycles. The van der Waals surface area contributed by atoms with E-state index in [0.717, 1.165) is 16.3 Å². The van der Waals surface area contributed by atoms with Gasteiger partial charge in [0.25, 0.3) is 0 Å². The van der Waals surface area contributed by atoms with E-state index in [9.17, 15) is 22.8 Å². The van der Waals surface area contributed by atoms with Crippen LogP contribution in [0.1, 0.15) is 41.0 Å². The van der Waals surface area contributed by atoms with Crippen molar-refractivity contribution in [3.63, 3.8) is 0 Å². The maximum Gasteiger partial charge on any atom is 0.586 e. The van der Waals surface area contributed by atoms with Crippen LogP contribution in [0.2, 0.25) is 0 Å². The molecule has 1 unspecified atom stereocenters. The first-order valence-corrected chi connectivity index (χ1v) is 9.81. The van der Waals surface area contributed by atoms with Crippen LogP contribution in [0.4, 0.5) is 18.0 Å². The van der Waals surface area contributed by atoms with E-state index >= 15 is 0 Å². The van der Waals surface area contributed by atoms with Crippen molar-refractivity contribution in [3.05, 3.63) is 53.2 Å². The zero-order valence-electron chi connectivity index (χ0n) is 16.1. The number of imidazole rings is 1. The molecule has 2 N–H and O–H groups in total. The summed E-state index contributed by atoms with van der Waals surface area (Å²) < 4.78 is 51.0. The first-order chi connectivity index (χ1) is 15.3. The molecular formula is C20H14F3N5O4. The summed E-state index contributed by atoms with van der Waals surface area (Å²) in [5, 5.41) is 8.92. The number of ether oxygens (including phenoxy) is 2. The van der Waals surface area contributed by atoms with Gasteiger partial charge in [-0.2, -0.15) is 14.0 Å². The molecular weight excluding hydrogens is 431 g/mol. The third-order valence-electron chi connectivity index (χ3n) is 5.89. The summed E-state index contributed by atoms with van der Waals surface area (Å²) in [4.78, 5) is 27.8. The predicted octanol–water partition coefficient (Wildman–Crippen LogP) is 2.38. The van der Waals surface area contributed by atoms with E-state index in [1.807, 2.05) is 0 Å². The third kappa shape index (κ3) is 2.93. The molecule has 12 heteroatoms. The van der Waals surface area contributed by atoms with Gasteiger partial charge in [-0.15, -0.1) is 8.78 Å². The monoisotopic (exact) mass is 445 g/mol. The van der Waals surface area contributed by atoms with Gasteiger partial charge in [-0.3, -0.25) is 10.1 Å². The van der Waals surface area contributed by atoms with Crippen LogP contribution in [0.25, 0.3) is 5.65 Å². The average molecular weight is 445 g/mol. The minimum atomic E-state index is -3.70. The molecule has 164 valence electrons. The number of carbonyl (C=O) groups is 2. The second-order valence-electron chi connectivity index (χ2n) is 7.92. The minimum Gasteiger partial charge on any atom is -0.395 e. The Hall–Kier alpha value is -3.83. The molecule has 3 aliphatic rings. The fourth-order valence-electron chi connectivity index (χ4n) is 4.30. The fraction of sp³-hybridized carbons (Fsp3) is 0.300. The van der Waals surface area contributed by atoms with Crippen LogP contribution in [0.3, 0.4) is 0 Å². The van der Waals surface area contributed by atoms with Crippen LogP contribution in [0.5, 0.6) is 11.5 Å². The minimum absolute atomic E-state index is 0.0311. The number of fused-ring (bicyclic) bond motifs is 2. The van der Waals surface area contributed by atoms with Crippen molar-refractivity contribution in [2.75, 3.05) is 6.54 Å². The lowest BCUT2D eigenvalue weighted by atomic mass is 9.99. The second kappa shape index (κ2) is 6.34. The number of halogens is 3. The highest BCUT2D eigenvalue weighted by atomic mass is 19.3. The number of hydrogen-bond acceptors (Lipinski definition) is 6. The van der Waals surface area contributed by atoms with E-state index < -0.39 is 30.1 Å². The summed E-state index contributed by atoms with van der Waals surface area (Å²) in [6.07, 6.45) is -1.99. The van der Waals surface area contributed by atoms with Crippen LogP contribution in [0, 0.1) is 5.95 Å². The number of nitrogens with one attached hydrogen (secondary N) is 2. The van der Waals surface area contributed by atoms with Crippen LogP contribution < -0.4 is 20.1 Å². The quantitative estimate of drug-likeness (QED) is 0.641. The smallest absolute Gasteiger partial charge is 0.395 e. The number of nitrogens with zero attached hydrogens (tertiary/aromatic N) is 3. The van der Waals surface area contributed by atoms with E-state index in [4.69, 9.17) is 0 Å². The molecule has 3 atom stereocenters. The number of aromatic nitrogens is 3.